The van der Waals surface area contributed by atoms with Gasteiger partial charge >= 0.3 is 0 Å². The van der Waals surface area contributed by atoms with Crippen molar-refractivity contribution in [3.8, 4) is 0 Å². The number of hydrogen-bond donors (Lipinski definition) is 2. The summed E-state index contributed by atoms with van der Waals surface area (Å²) in [4.78, 5) is 5.32. The normalized spacial score (nSPS) is 26.9. The van der Waals surface area contributed by atoms with E-state index in [2.05, 4.69) is 35.9 Å². The zero-order valence-corrected chi connectivity index (χ0v) is 14.3. The maximum Gasteiger partial charge on any atom is 0.0611 e. The molecule has 1 aliphatic carbocycles. The number of nitrogens with one attached hydrogen (secondary N) is 1. The second kappa shape index (κ2) is 7.91. The van der Waals surface area contributed by atoms with Gasteiger partial charge < -0.3 is 10.4 Å². The van der Waals surface area contributed by atoms with E-state index in [-0.39, 0.29) is 12.1 Å². The third kappa shape index (κ3) is 4.65. The molecular weight excluding hydrogens is 262 g/mol. The molecule has 0 spiro atoms. The molecule has 2 aliphatic rings. The molecule has 1 heterocycles. The molecule has 2 rings (SSSR count). The number of rotatable bonds is 7. The van der Waals surface area contributed by atoms with Gasteiger partial charge in [-0.05, 0) is 39.7 Å². The zero-order chi connectivity index (χ0) is 15.3. The van der Waals surface area contributed by atoms with Crippen LogP contribution in [0.3, 0.4) is 0 Å². The second-order valence-electron chi connectivity index (χ2n) is 7.31. The van der Waals surface area contributed by atoms with Crippen LogP contribution in [0.15, 0.2) is 0 Å². The highest BCUT2D eigenvalue weighted by molar-refractivity contribution is 4.89. The molecular formula is C17H35N3O. The molecule has 21 heavy (non-hydrogen) atoms. The van der Waals surface area contributed by atoms with Gasteiger partial charge in [-0.15, -0.1) is 0 Å². The van der Waals surface area contributed by atoms with Crippen molar-refractivity contribution in [2.75, 3.05) is 39.3 Å². The molecule has 0 amide bonds. The van der Waals surface area contributed by atoms with Gasteiger partial charge in [-0.3, -0.25) is 9.80 Å². The first-order valence-electron chi connectivity index (χ1n) is 8.92. The molecule has 4 heteroatoms. The van der Waals surface area contributed by atoms with Crippen LogP contribution in [0, 0.1) is 0 Å². The lowest BCUT2D eigenvalue weighted by molar-refractivity contribution is 0.0550. The van der Waals surface area contributed by atoms with Gasteiger partial charge in [0.1, 0.15) is 0 Å². The molecule has 2 fully saturated rings. The van der Waals surface area contributed by atoms with E-state index in [9.17, 15) is 5.11 Å². The molecule has 0 bridgehead atoms. The summed E-state index contributed by atoms with van der Waals surface area (Å²) in [5, 5.41) is 13.1. The van der Waals surface area contributed by atoms with E-state index in [1.165, 1.54) is 51.9 Å². The highest BCUT2D eigenvalue weighted by Gasteiger charge is 2.31. The van der Waals surface area contributed by atoms with E-state index in [1.807, 2.05) is 0 Å². The third-order valence-corrected chi connectivity index (χ3v) is 5.51. The number of hydrogen-bond acceptors (Lipinski definition) is 4. The summed E-state index contributed by atoms with van der Waals surface area (Å²) < 4.78 is 0. The number of likely N-dealkylation sites (N-methyl/N-ethyl adjacent to an activating group) is 1. The summed E-state index contributed by atoms with van der Waals surface area (Å²) in [6, 6.07) is 1.40. The van der Waals surface area contributed by atoms with Crippen LogP contribution in [-0.4, -0.2) is 71.9 Å². The van der Waals surface area contributed by atoms with Crippen LogP contribution in [0.25, 0.3) is 0 Å². The van der Waals surface area contributed by atoms with Crippen molar-refractivity contribution < 1.29 is 5.11 Å². The molecule has 0 aromatic heterocycles. The minimum Gasteiger partial charge on any atom is -0.394 e. The average Bonchev–Trinajstić information content (AvgIpc) is 3.02. The maximum absolute atomic E-state index is 9.66. The topological polar surface area (TPSA) is 38.7 Å². The van der Waals surface area contributed by atoms with Crippen molar-refractivity contribution >= 4 is 0 Å². The highest BCUT2D eigenvalue weighted by atomic mass is 16.3. The summed E-state index contributed by atoms with van der Waals surface area (Å²) >= 11 is 0. The van der Waals surface area contributed by atoms with E-state index in [0.29, 0.717) is 6.04 Å². The van der Waals surface area contributed by atoms with Crippen molar-refractivity contribution in [2.24, 2.45) is 0 Å². The van der Waals surface area contributed by atoms with Gasteiger partial charge in [0.05, 0.1) is 6.61 Å². The van der Waals surface area contributed by atoms with E-state index in [0.717, 1.165) is 19.0 Å². The Morgan fingerprint density at radius 1 is 1.19 bits per heavy atom. The number of aliphatic hydroxyl groups is 1. The van der Waals surface area contributed by atoms with Crippen molar-refractivity contribution in [1.82, 2.24) is 15.1 Å². The monoisotopic (exact) mass is 297 g/mol. The Balaban J connectivity index is 1.78. The van der Waals surface area contributed by atoms with E-state index in [4.69, 9.17) is 0 Å². The third-order valence-electron chi connectivity index (χ3n) is 5.51. The van der Waals surface area contributed by atoms with Crippen LogP contribution in [0.5, 0.6) is 0 Å². The Morgan fingerprint density at radius 2 is 1.81 bits per heavy atom. The average molecular weight is 297 g/mol. The first-order chi connectivity index (χ1) is 10.1. The van der Waals surface area contributed by atoms with E-state index < -0.39 is 0 Å². The minimum absolute atomic E-state index is 0.142. The molecule has 2 unspecified atom stereocenters. The first-order valence-corrected chi connectivity index (χ1v) is 8.92. The number of piperazine rings is 1. The first kappa shape index (κ1) is 17.2. The quantitative estimate of drug-likeness (QED) is 0.750. The summed E-state index contributed by atoms with van der Waals surface area (Å²) in [5.41, 5.74) is -0.142. The summed E-state index contributed by atoms with van der Waals surface area (Å²) in [7, 11) is 0. The molecule has 1 saturated heterocycles. The minimum atomic E-state index is -0.142. The molecule has 0 radical (unpaired) electrons. The lowest BCUT2D eigenvalue weighted by Crippen LogP contribution is -2.55. The van der Waals surface area contributed by atoms with Crippen molar-refractivity contribution in [2.45, 2.75) is 70.5 Å². The van der Waals surface area contributed by atoms with Crippen LogP contribution in [0.4, 0.5) is 0 Å². The Hall–Kier alpha value is -0.160. The highest BCUT2D eigenvalue weighted by Crippen LogP contribution is 2.25. The standard InChI is InChI=1S/C17H35N3O/c1-4-18-17(3,14-21)13-15(2)19-9-11-20(12-10-19)16-7-5-6-8-16/h15-16,18,21H,4-14H2,1-3H3. The van der Waals surface area contributed by atoms with Crippen LogP contribution in [-0.2, 0) is 0 Å². The molecule has 1 aliphatic heterocycles. The van der Waals surface area contributed by atoms with E-state index >= 15 is 0 Å². The molecule has 124 valence electrons. The fraction of sp³-hybridized carbons (Fsp3) is 1.00. The van der Waals surface area contributed by atoms with Gasteiger partial charge in [0.2, 0.25) is 0 Å². The number of nitrogens with zero attached hydrogens (tertiary/aromatic N) is 2. The van der Waals surface area contributed by atoms with Gasteiger partial charge in [0.15, 0.2) is 0 Å². The molecule has 1 saturated carbocycles. The Kier molecular flexibility index (Phi) is 6.48. The fourth-order valence-electron chi connectivity index (χ4n) is 4.21. The molecule has 4 nitrogen and oxygen atoms in total. The van der Waals surface area contributed by atoms with Crippen molar-refractivity contribution in [3.05, 3.63) is 0 Å². The fourth-order valence-corrected chi connectivity index (χ4v) is 4.21. The maximum atomic E-state index is 9.66. The lowest BCUT2D eigenvalue weighted by atomic mass is 9.93. The Morgan fingerprint density at radius 3 is 2.33 bits per heavy atom. The van der Waals surface area contributed by atoms with Crippen LogP contribution in [0.1, 0.15) is 52.9 Å². The van der Waals surface area contributed by atoms with Gasteiger partial charge in [-0.1, -0.05) is 19.8 Å². The predicted molar refractivity (Wildman–Crippen MR) is 88.6 cm³/mol. The molecule has 0 aromatic rings. The molecule has 2 atom stereocenters. The van der Waals surface area contributed by atoms with Gasteiger partial charge in [0.25, 0.3) is 0 Å². The Bertz CT molecular complexity index is 298. The SMILES string of the molecule is CCNC(C)(CO)CC(C)N1CCN(C2CCCC2)CC1. The lowest BCUT2D eigenvalue weighted by Gasteiger charge is -2.43. The van der Waals surface area contributed by atoms with Gasteiger partial charge in [-0.25, -0.2) is 0 Å². The van der Waals surface area contributed by atoms with Crippen molar-refractivity contribution in [3.63, 3.8) is 0 Å². The largest absolute Gasteiger partial charge is 0.394 e. The second-order valence-corrected chi connectivity index (χ2v) is 7.31. The molecule has 0 aromatic carbocycles. The summed E-state index contributed by atoms with van der Waals surface area (Å²) in [5.74, 6) is 0. The van der Waals surface area contributed by atoms with Crippen LogP contribution < -0.4 is 5.32 Å². The summed E-state index contributed by atoms with van der Waals surface area (Å²) in [6.07, 6.45) is 6.70. The Labute approximate surface area is 130 Å². The zero-order valence-electron chi connectivity index (χ0n) is 14.3. The number of aliphatic hydroxyl groups excluding tert-OH is 1. The predicted octanol–water partition coefficient (Wildman–Crippen LogP) is 1.69. The molecule has 2 N–H and O–H groups in total. The van der Waals surface area contributed by atoms with Gasteiger partial charge in [0, 0.05) is 43.8 Å². The van der Waals surface area contributed by atoms with Gasteiger partial charge in [-0.2, -0.15) is 0 Å². The smallest absolute Gasteiger partial charge is 0.0611 e. The van der Waals surface area contributed by atoms with Crippen LogP contribution in [0.2, 0.25) is 0 Å². The van der Waals surface area contributed by atoms with E-state index in [1.54, 1.807) is 0 Å². The van der Waals surface area contributed by atoms with Crippen molar-refractivity contribution in [1.29, 1.82) is 0 Å². The van der Waals surface area contributed by atoms with Crippen LogP contribution >= 0.6 is 0 Å². The summed E-state index contributed by atoms with van der Waals surface area (Å²) in [6.45, 7) is 12.5.